The number of rotatable bonds is 0. The molecular weight excluding hydrogens is 276 g/mol. The number of benzene rings is 4. The Hall–Kier alpha value is -1.43. The van der Waals surface area contributed by atoms with Gasteiger partial charge in [-0.25, -0.2) is 0 Å². The molecule has 3 heteroatoms. The summed E-state index contributed by atoms with van der Waals surface area (Å²) in [5.74, 6) is 0. The molecule has 0 N–H and O–H groups in total. The summed E-state index contributed by atoms with van der Waals surface area (Å²) in [6.45, 7) is 0. The zero-order chi connectivity index (χ0) is 13.1. The predicted octanol–water partition coefficient (Wildman–Crippen LogP) is -1.44. The van der Waals surface area contributed by atoms with Crippen LogP contribution < -0.4 is 15.6 Å². The molecule has 0 radical (unpaired) electrons. The summed E-state index contributed by atoms with van der Waals surface area (Å²) >= 11 is 0. The van der Waals surface area contributed by atoms with Crippen molar-refractivity contribution in [1.29, 1.82) is 0 Å². The van der Waals surface area contributed by atoms with Gasteiger partial charge in [-0.1, -0.05) is 58.0 Å². The molecule has 0 aromatic heterocycles. The average molecular weight is 293 g/mol. The normalized spacial score (nSPS) is 12.4. The van der Waals surface area contributed by atoms with Crippen LogP contribution >= 0.6 is 0 Å². The Morgan fingerprint density at radius 2 is 1.05 bits per heavy atom. The van der Waals surface area contributed by atoms with E-state index in [1.807, 2.05) is 0 Å². The second-order valence-electron chi connectivity index (χ2n) is 5.56. The maximum Gasteiger partial charge on any atom is 0.0391 e. The van der Waals surface area contributed by atoms with Crippen molar-refractivity contribution in [2.24, 2.45) is 0 Å². The van der Waals surface area contributed by atoms with Crippen LogP contribution in [0.3, 0.4) is 0 Å². The number of hydrogen-bond donors (Lipinski definition) is 0. The van der Waals surface area contributed by atoms with Gasteiger partial charge >= 0.3 is 0 Å². The molecule has 4 aromatic rings. The molecule has 92 valence electrons. The summed E-state index contributed by atoms with van der Waals surface area (Å²) in [5.41, 5.74) is 0. The van der Waals surface area contributed by atoms with Crippen molar-refractivity contribution in [2.75, 3.05) is 0 Å². The van der Waals surface area contributed by atoms with E-state index in [1.54, 1.807) is 15.6 Å². The highest BCUT2D eigenvalue weighted by Gasteiger charge is 2.12. The van der Waals surface area contributed by atoms with Gasteiger partial charge in [0.15, 0.2) is 0 Å². The lowest BCUT2D eigenvalue weighted by atomic mass is 9.94. The van der Waals surface area contributed by atoms with Crippen LogP contribution in [0.2, 0.25) is 0 Å². The largest absolute Gasteiger partial charge is 0.0730 e. The van der Waals surface area contributed by atoms with Crippen LogP contribution in [0.4, 0.5) is 0 Å². The third kappa shape index (κ3) is 1.38. The maximum absolute atomic E-state index is 2.36. The molecule has 19 heavy (non-hydrogen) atoms. The van der Waals surface area contributed by atoms with E-state index in [9.17, 15) is 0 Å². The summed E-state index contributed by atoms with van der Waals surface area (Å²) in [6, 6.07) is 16.0. The van der Waals surface area contributed by atoms with Crippen LogP contribution in [-0.2, 0) is 0 Å². The molecule has 0 saturated carbocycles. The minimum absolute atomic E-state index is 1.17. The van der Waals surface area contributed by atoms with E-state index in [0.29, 0.717) is 0 Å². The first-order valence-corrected chi connectivity index (χ1v) is 9.82. The van der Waals surface area contributed by atoms with Crippen LogP contribution in [0.15, 0.2) is 42.5 Å². The lowest BCUT2D eigenvalue weighted by Gasteiger charge is -2.17. The minimum Gasteiger partial charge on any atom is -0.0730 e. The molecule has 0 saturated heterocycles. The second-order valence-corrected chi connectivity index (χ2v) is 8.56. The monoisotopic (exact) mass is 292 g/mol. The fraction of sp³-hybridized carbons (Fsp3) is 0. The standard InChI is InChI=1S/C16H16Si3/c17-14-10-6-4-8-2-1-3-9-5-7-11(13(10)12(8)9)15(18)16(14)19/h1-7H,17-19H3. The summed E-state index contributed by atoms with van der Waals surface area (Å²) in [7, 11) is 3.52. The Balaban J connectivity index is 2.47. The molecule has 0 amide bonds. The fourth-order valence-electron chi connectivity index (χ4n) is 3.39. The Labute approximate surface area is 121 Å². The summed E-state index contributed by atoms with van der Waals surface area (Å²) in [6.07, 6.45) is 0. The van der Waals surface area contributed by atoms with Crippen LogP contribution in [0.25, 0.3) is 32.3 Å². The lowest BCUT2D eigenvalue weighted by molar-refractivity contribution is 1.82. The summed E-state index contributed by atoms with van der Waals surface area (Å²) < 4.78 is 0. The van der Waals surface area contributed by atoms with Crippen molar-refractivity contribution in [3.63, 3.8) is 0 Å². The van der Waals surface area contributed by atoms with Gasteiger partial charge in [-0.3, -0.25) is 0 Å². The Bertz CT molecular complexity index is 871. The quantitative estimate of drug-likeness (QED) is 0.275. The molecule has 0 aliphatic carbocycles. The number of hydrogen-bond acceptors (Lipinski definition) is 0. The van der Waals surface area contributed by atoms with Crippen LogP contribution in [0.1, 0.15) is 0 Å². The molecule has 0 aliphatic heterocycles. The van der Waals surface area contributed by atoms with Gasteiger partial charge in [0.1, 0.15) is 0 Å². The van der Waals surface area contributed by atoms with Crippen LogP contribution in [-0.4, -0.2) is 30.7 Å². The van der Waals surface area contributed by atoms with E-state index < -0.39 is 0 Å². The molecule has 4 rings (SSSR count). The summed E-state index contributed by atoms with van der Waals surface area (Å²) in [4.78, 5) is 0. The third-order valence-corrected chi connectivity index (χ3v) is 10.8. The van der Waals surface area contributed by atoms with Crippen molar-refractivity contribution >= 4 is 78.6 Å². The van der Waals surface area contributed by atoms with E-state index in [0.717, 1.165) is 0 Å². The fourth-order valence-corrected chi connectivity index (χ4v) is 6.01. The SMILES string of the molecule is [SiH3]c1c([SiH3])c2ccc3cccc4ccc(c1[SiH3])c2c34. The molecule has 0 unspecified atom stereocenters. The van der Waals surface area contributed by atoms with Gasteiger partial charge in [0.25, 0.3) is 0 Å². The molecule has 0 nitrogen and oxygen atoms in total. The zero-order valence-electron chi connectivity index (χ0n) is 11.5. The first-order valence-electron chi connectivity index (χ1n) is 6.82. The van der Waals surface area contributed by atoms with Gasteiger partial charge in [0, 0.05) is 30.7 Å². The van der Waals surface area contributed by atoms with E-state index in [1.165, 1.54) is 63.0 Å². The molecule has 0 aliphatic rings. The Morgan fingerprint density at radius 1 is 0.526 bits per heavy atom. The molecule has 0 heterocycles. The van der Waals surface area contributed by atoms with Gasteiger partial charge in [-0.2, -0.15) is 0 Å². The van der Waals surface area contributed by atoms with Crippen molar-refractivity contribution in [3.8, 4) is 0 Å². The maximum atomic E-state index is 2.36. The highest BCUT2D eigenvalue weighted by Crippen LogP contribution is 2.32. The molecule has 0 fully saturated rings. The van der Waals surface area contributed by atoms with Gasteiger partial charge in [-0.15, -0.1) is 0 Å². The molecule has 0 spiro atoms. The van der Waals surface area contributed by atoms with Crippen molar-refractivity contribution in [1.82, 2.24) is 0 Å². The topological polar surface area (TPSA) is 0 Å². The smallest absolute Gasteiger partial charge is 0.0391 e. The third-order valence-electron chi connectivity index (χ3n) is 4.71. The molecular formula is C16H16Si3. The lowest BCUT2D eigenvalue weighted by Crippen LogP contribution is -2.39. The van der Waals surface area contributed by atoms with Gasteiger partial charge in [-0.05, 0) is 32.3 Å². The molecule has 0 bridgehead atoms. The first kappa shape index (κ1) is 11.4. The van der Waals surface area contributed by atoms with Crippen molar-refractivity contribution in [3.05, 3.63) is 42.5 Å². The van der Waals surface area contributed by atoms with Gasteiger partial charge < -0.3 is 0 Å². The van der Waals surface area contributed by atoms with Crippen LogP contribution in [0.5, 0.6) is 0 Å². The van der Waals surface area contributed by atoms with Gasteiger partial charge in [0.05, 0.1) is 0 Å². The van der Waals surface area contributed by atoms with Crippen LogP contribution in [0, 0.1) is 0 Å². The minimum atomic E-state index is 1.17. The molecule has 0 atom stereocenters. The van der Waals surface area contributed by atoms with Gasteiger partial charge in [0.2, 0.25) is 0 Å². The van der Waals surface area contributed by atoms with Crippen molar-refractivity contribution < 1.29 is 0 Å². The Kier molecular flexibility index (Phi) is 2.27. The van der Waals surface area contributed by atoms with Crippen molar-refractivity contribution in [2.45, 2.75) is 0 Å². The highest BCUT2D eigenvalue weighted by molar-refractivity contribution is 6.63. The van der Waals surface area contributed by atoms with E-state index in [2.05, 4.69) is 42.5 Å². The van der Waals surface area contributed by atoms with E-state index >= 15 is 0 Å². The highest BCUT2D eigenvalue weighted by atomic mass is 28.2. The Morgan fingerprint density at radius 3 is 1.58 bits per heavy atom. The first-order chi connectivity index (χ1) is 9.18. The van der Waals surface area contributed by atoms with E-state index in [4.69, 9.17) is 0 Å². The van der Waals surface area contributed by atoms with E-state index in [-0.39, 0.29) is 0 Å². The predicted molar refractivity (Wildman–Crippen MR) is 98.9 cm³/mol. The second kappa shape index (κ2) is 3.79. The average Bonchev–Trinajstić information content (AvgIpc) is 2.45. The zero-order valence-corrected chi connectivity index (χ0v) is 17.5. The molecule has 4 aromatic carbocycles. The summed E-state index contributed by atoms with van der Waals surface area (Å²) in [5, 5.41) is 13.8.